The van der Waals surface area contributed by atoms with Crippen LogP contribution >= 0.6 is 0 Å². The summed E-state index contributed by atoms with van der Waals surface area (Å²) in [5, 5.41) is 14.7. The molecule has 1 saturated carbocycles. The number of anilines is 1. The number of carbonyl (C=O) groups excluding carboxylic acids is 2. The molecule has 1 unspecified atom stereocenters. The maximum absolute atomic E-state index is 12.4. The third-order valence-electron chi connectivity index (χ3n) is 7.42. The number of hydrogen-bond acceptors (Lipinski definition) is 6. The van der Waals surface area contributed by atoms with E-state index in [1.807, 2.05) is 30.3 Å². The van der Waals surface area contributed by atoms with E-state index in [1.165, 1.54) is 13.3 Å². The molecule has 1 heterocycles. The van der Waals surface area contributed by atoms with Crippen molar-refractivity contribution < 1.29 is 28.3 Å². The van der Waals surface area contributed by atoms with Crippen molar-refractivity contribution in [2.45, 2.75) is 64.0 Å². The maximum atomic E-state index is 12.4. The number of amides is 1. The van der Waals surface area contributed by atoms with Gasteiger partial charge in [0.05, 0.1) is 33.3 Å². The van der Waals surface area contributed by atoms with Gasteiger partial charge >= 0.3 is 5.97 Å². The molecular weight excluding hydrogens is 494 g/mol. The Bertz CT molecular complexity index is 1230. The summed E-state index contributed by atoms with van der Waals surface area (Å²) in [4.78, 5) is 28.1. The second-order valence-corrected chi connectivity index (χ2v) is 11.2. The minimum Gasteiger partial charge on any atom is -0.436 e. The quantitative estimate of drug-likeness (QED) is 0.194. The van der Waals surface area contributed by atoms with Gasteiger partial charge in [0.15, 0.2) is 11.4 Å². The van der Waals surface area contributed by atoms with E-state index in [9.17, 15) is 14.7 Å². The smallest absolute Gasteiger partial charge is 0.311 e. The number of oxazole rings is 1. The third kappa shape index (κ3) is 7.55. The average molecular weight is 535 g/mol. The van der Waals surface area contributed by atoms with Crippen molar-refractivity contribution in [3.8, 4) is 5.75 Å². The normalized spacial score (nSPS) is 15.9. The first kappa shape index (κ1) is 28.5. The van der Waals surface area contributed by atoms with Gasteiger partial charge < -0.3 is 24.1 Å². The van der Waals surface area contributed by atoms with E-state index in [2.05, 4.69) is 24.4 Å². The number of nitrogens with zero attached hydrogens (tertiary/aromatic N) is 2. The summed E-state index contributed by atoms with van der Waals surface area (Å²) in [7, 11) is 4.16. The van der Waals surface area contributed by atoms with Crippen LogP contribution in [0, 0.1) is 5.92 Å². The molecule has 8 heteroatoms. The van der Waals surface area contributed by atoms with E-state index in [1.54, 1.807) is 30.5 Å². The Hall–Kier alpha value is -3.49. The largest absolute Gasteiger partial charge is 0.436 e. The highest BCUT2D eigenvalue weighted by molar-refractivity contribution is 5.88. The molecule has 4 rings (SSSR count). The molecule has 1 aliphatic carbocycles. The van der Waals surface area contributed by atoms with Gasteiger partial charge in [-0.05, 0) is 42.7 Å². The summed E-state index contributed by atoms with van der Waals surface area (Å²) in [6.07, 6.45) is 7.94. The molecule has 1 aliphatic rings. The zero-order valence-electron chi connectivity index (χ0n) is 23.2. The SMILES string of the molecule is CC(=O)Nc1ccc(OC(=O)CCC[N+](C)(C)Cc2cnc(C(O)(c3ccccc3)C3CCCCC3)o2)cc1. The minimum atomic E-state index is -1.25. The van der Waals surface area contributed by atoms with E-state index in [-0.39, 0.29) is 24.2 Å². The topological polar surface area (TPSA) is 102 Å². The van der Waals surface area contributed by atoms with Crippen LogP contribution in [0.25, 0.3) is 0 Å². The number of quaternary nitrogens is 1. The van der Waals surface area contributed by atoms with Crippen molar-refractivity contribution in [3.05, 3.63) is 78.0 Å². The number of carbonyl (C=O) groups is 2. The Morgan fingerprint density at radius 1 is 1.08 bits per heavy atom. The van der Waals surface area contributed by atoms with E-state index in [0.29, 0.717) is 40.5 Å². The number of aliphatic hydroxyl groups is 1. The summed E-state index contributed by atoms with van der Waals surface area (Å²) in [5.41, 5.74) is 0.224. The zero-order chi connectivity index (χ0) is 27.9. The van der Waals surface area contributed by atoms with Gasteiger partial charge in [-0.25, -0.2) is 4.98 Å². The predicted octanol–water partition coefficient (Wildman–Crippen LogP) is 5.41. The molecule has 0 saturated heterocycles. The summed E-state index contributed by atoms with van der Waals surface area (Å²) in [6.45, 7) is 2.76. The molecule has 0 bridgehead atoms. The van der Waals surface area contributed by atoms with Gasteiger partial charge in [-0.3, -0.25) is 9.59 Å². The van der Waals surface area contributed by atoms with Gasteiger partial charge in [-0.1, -0.05) is 49.6 Å². The van der Waals surface area contributed by atoms with Crippen LogP contribution in [0.5, 0.6) is 5.75 Å². The first-order valence-corrected chi connectivity index (χ1v) is 13.8. The fourth-order valence-electron chi connectivity index (χ4n) is 5.45. The van der Waals surface area contributed by atoms with E-state index in [4.69, 9.17) is 9.15 Å². The zero-order valence-corrected chi connectivity index (χ0v) is 23.2. The fraction of sp³-hybridized carbons (Fsp3) is 0.452. The molecule has 208 valence electrons. The standard InChI is InChI=1S/C31H39N3O5/c1-23(35)33-26-16-18-27(19-17-26)38-29(36)15-10-20-34(2,3)22-28-21-32-30(39-28)31(37,24-11-6-4-7-12-24)25-13-8-5-9-14-25/h4,6-7,11-12,16-19,21,25,37H,5,8-10,13-15,20,22H2,1-3H3/p+1. The van der Waals surface area contributed by atoms with E-state index >= 15 is 0 Å². The first-order chi connectivity index (χ1) is 18.7. The summed E-state index contributed by atoms with van der Waals surface area (Å²) in [5.74, 6) is 1.13. The number of benzene rings is 2. The van der Waals surface area contributed by atoms with Crippen molar-refractivity contribution in [1.82, 2.24) is 4.98 Å². The summed E-state index contributed by atoms with van der Waals surface area (Å²) < 4.78 is 12.3. The Morgan fingerprint density at radius 2 is 1.77 bits per heavy atom. The van der Waals surface area contributed by atoms with Gasteiger partial charge in [0.25, 0.3) is 0 Å². The molecule has 8 nitrogen and oxygen atoms in total. The molecule has 2 aromatic carbocycles. The number of aromatic nitrogens is 1. The Morgan fingerprint density at radius 3 is 2.44 bits per heavy atom. The van der Waals surface area contributed by atoms with Crippen LogP contribution in [0.15, 0.2) is 65.2 Å². The molecule has 1 aromatic heterocycles. The van der Waals surface area contributed by atoms with E-state index in [0.717, 1.165) is 37.8 Å². The van der Waals surface area contributed by atoms with Crippen LogP contribution in [0.4, 0.5) is 5.69 Å². The van der Waals surface area contributed by atoms with Crippen molar-refractivity contribution in [2.24, 2.45) is 5.92 Å². The third-order valence-corrected chi connectivity index (χ3v) is 7.42. The van der Waals surface area contributed by atoms with Crippen LogP contribution in [0.2, 0.25) is 0 Å². The Balaban J connectivity index is 1.33. The van der Waals surface area contributed by atoms with Crippen molar-refractivity contribution in [2.75, 3.05) is 26.0 Å². The monoisotopic (exact) mass is 534 g/mol. The van der Waals surface area contributed by atoms with E-state index < -0.39 is 5.60 Å². The lowest BCUT2D eigenvalue weighted by atomic mass is 9.73. The van der Waals surface area contributed by atoms with Crippen molar-refractivity contribution >= 4 is 17.6 Å². The number of esters is 1. The second kappa shape index (κ2) is 12.6. The van der Waals surface area contributed by atoms with Crippen molar-refractivity contribution in [3.63, 3.8) is 0 Å². The Kier molecular flexibility index (Phi) is 9.20. The lowest BCUT2D eigenvalue weighted by molar-refractivity contribution is -0.904. The molecule has 1 fully saturated rings. The first-order valence-electron chi connectivity index (χ1n) is 13.8. The molecule has 2 N–H and O–H groups in total. The molecule has 1 amide bonds. The van der Waals surface area contributed by atoms with Gasteiger partial charge in [0, 0.05) is 24.9 Å². The highest BCUT2D eigenvalue weighted by Crippen LogP contribution is 2.43. The number of ether oxygens (including phenoxy) is 1. The molecule has 39 heavy (non-hydrogen) atoms. The molecule has 0 radical (unpaired) electrons. The van der Waals surface area contributed by atoms with Crippen LogP contribution in [-0.2, 0) is 21.7 Å². The maximum Gasteiger partial charge on any atom is 0.311 e. The lowest BCUT2D eigenvalue weighted by Crippen LogP contribution is -2.40. The number of rotatable bonds is 11. The second-order valence-electron chi connectivity index (χ2n) is 11.2. The fourth-order valence-corrected chi connectivity index (χ4v) is 5.45. The van der Waals surface area contributed by atoms with Crippen LogP contribution < -0.4 is 10.1 Å². The molecule has 0 spiro atoms. The molecule has 1 atom stereocenters. The molecule has 3 aromatic rings. The number of hydrogen-bond donors (Lipinski definition) is 2. The highest BCUT2D eigenvalue weighted by atomic mass is 16.5. The number of nitrogens with one attached hydrogen (secondary N) is 1. The van der Waals surface area contributed by atoms with Gasteiger partial charge in [0.1, 0.15) is 12.3 Å². The predicted molar refractivity (Wildman–Crippen MR) is 149 cm³/mol. The molecular formula is C31H40N3O5+. The highest BCUT2D eigenvalue weighted by Gasteiger charge is 2.44. The van der Waals surface area contributed by atoms with Crippen LogP contribution in [0.1, 0.15) is 69.1 Å². The summed E-state index contributed by atoms with van der Waals surface area (Å²) >= 11 is 0. The average Bonchev–Trinajstić information content (AvgIpc) is 3.38. The van der Waals surface area contributed by atoms with Crippen molar-refractivity contribution in [1.29, 1.82) is 0 Å². The minimum absolute atomic E-state index is 0.0651. The lowest BCUT2D eigenvalue weighted by Gasteiger charge is -2.36. The molecule has 0 aliphatic heterocycles. The van der Waals surface area contributed by atoms with Crippen LogP contribution in [0.3, 0.4) is 0 Å². The Labute approximate surface area is 230 Å². The van der Waals surface area contributed by atoms with Gasteiger partial charge in [-0.2, -0.15) is 0 Å². The van der Waals surface area contributed by atoms with Crippen LogP contribution in [-0.4, -0.2) is 47.1 Å². The van der Waals surface area contributed by atoms with Gasteiger partial charge in [0.2, 0.25) is 11.8 Å². The van der Waals surface area contributed by atoms with Gasteiger partial charge in [-0.15, -0.1) is 0 Å². The summed E-state index contributed by atoms with van der Waals surface area (Å²) in [6, 6.07) is 16.5.